The smallest absolute Gasteiger partial charge is 0.410 e. The summed E-state index contributed by atoms with van der Waals surface area (Å²) in [6, 6.07) is 0. The van der Waals surface area contributed by atoms with Crippen LogP contribution in [-0.2, 0) is 14.3 Å². The zero-order valence-electron chi connectivity index (χ0n) is 13.2. The van der Waals surface area contributed by atoms with E-state index in [1.807, 2.05) is 0 Å². The summed E-state index contributed by atoms with van der Waals surface area (Å²) in [6.45, 7) is 9.20. The Morgan fingerprint density at radius 2 is 1.55 bits per heavy atom. The number of amides is 2. The molecular formula is C15H24N2O5. The zero-order chi connectivity index (χ0) is 17.0. The zero-order valence-corrected chi connectivity index (χ0v) is 13.2. The van der Waals surface area contributed by atoms with E-state index in [0.717, 1.165) is 0 Å². The van der Waals surface area contributed by atoms with Gasteiger partial charge in [0.1, 0.15) is 19.0 Å². The van der Waals surface area contributed by atoms with Crippen LogP contribution in [0.1, 0.15) is 13.3 Å². The van der Waals surface area contributed by atoms with Crippen molar-refractivity contribution in [2.24, 2.45) is 0 Å². The maximum Gasteiger partial charge on any atom is 0.410 e. The van der Waals surface area contributed by atoms with Gasteiger partial charge >= 0.3 is 12.2 Å². The lowest BCUT2D eigenvalue weighted by molar-refractivity contribution is -0.117. The first-order valence-corrected chi connectivity index (χ1v) is 6.93. The van der Waals surface area contributed by atoms with Gasteiger partial charge in [0.2, 0.25) is 0 Å². The van der Waals surface area contributed by atoms with Gasteiger partial charge in [0.25, 0.3) is 0 Å². The first-order chi connectivity index (χ1) is 10.4. The standard InChI is InChI=1S/C15H24N2O5/c1-5-10-21-14(19)16(4)8-7-9-17(12-13(3)18)15(20)22-11-6-2/h5-6H,1-2,7-12H2,3-4H3. The summed E-state index contributed by atoms with van der Waals surface area (Å²) >= 11 is 0. The average molecular weight is 312 g/mol. The third kappa shape index (κ3) is 8.78. The average Bonchev–Trinajstić information content (AvgIpc) is 2.48. The van der Waals surface area contributed by atoms with Crippen molar-refractivity contribution in [3.05, 3.63) is 25.3 Å². The van der Waals surface area contributed by atoms with Crippen LogP contribution in [0.4, 0.5) is 9.59 Å². The molecular weight excluding hydrogens is 288 g/mol. The van der Waals surface area contributed by atoms with Gasteiger partial charge in [0, 0.05) is 20.1 Å². The van der Waals surface area contributed by atoms with E-state index in [-0.39, 0.29) is 25.5 Å². The molecule has 0 aromatic heterocycles. The monoisotopic (exact) mass is 312 g/mol. The number of carbonyl (C=O) groups is 3. The molecule has 0 atom stereocenters. The largest absolute Gasteiger partial charge is 0.445 e. The van der Waals surface area contributed by atoms with Crippen molar-refractivity contribution >= 4 is 18.0 Å². The summed E-state index contributed by atoms with van der Waals surface area (Å²) in [6.07, 6.45) is 2.39. The Morgan fingerprint density at radius 3 is 2.05 bits per heavy atom. The van der Waals surface area contributed by atoms with Crippen LogP contribution in [0, 0.1) is 0 Å². The summed E-state index contributed by atoms with van der Waals surface area (Å²) in [4.78, 5) is 37.2. The van der Waals surface area contributed by atoms with Crippen LogP contribution in [0.5, 0.6) is 0 Å². The van der Waals surface area contributed by atoms with Crippen LogP contribution in [0.3, 0.4) is 0 Å². The number of nitrogens with zero attached hydrogens (tertiary/aromatic N) is 2. The van der Waals surface area contributed by atoms with E-state index in [4.69, 9.17) is 9.47 Å². The fourth-order valence-corrected chi connectivity index (χ4v) is 1.56. The molecule has 0 rings (SSSR count). The Balaban J connectivity index is 4.29. The minimum absolute atomic E-state index is 0.0272. The molecule has 0 saturated carbocycles. The number of Topliss-reactive ketones (excluding diaryl/α,β-unsaturated/α-hetero) is 1. The van der Waals surface area contributed by atoms with Crippen molar-refractivity contribution in [2.75, 3.05) is 39.9 Å². The fraction of sp³-hybridized carbons (Fsp3) is 0.533. The molecule has 22 heavy (non-hydrogen) atoms. The maximum atomic E-state index is 11.8. The molecule has 0 radical (unpaired) electrons. The van der Waals surface area contributed by atoms with Gasteiger partial charge in [-0.2, -0.15) is 0 Å². The van der Waals surface area contributed by atoms with E-state index < -0.39 is 12.2 Å². The highest BCUT2D eigenvalue weighted by molar-refractivity contribution is 5.81. The Hall–Kier alpha value is -2.31. The van der Waals surface area contributed by atoms with E-state index in [1.54, 1.807) is 7.05 Å². The fourth-order valence-electron chi connectivity index (χ4n) is 1.56. The van der Waals surface area contributed by atoms with Gasteiger partial charge in [-0.25, -0.2) is 9.59 Å². The van der Waals surface area contributed by atoms with Gasteiger partial charge in [-0.15, -0.1) is 0 Å². The molecule has 0 saturated heterocycles. The molecule has 2 amide bonds. The normalized spacial score (nSPS) is 9.55. The van der Waals surface area contributed by atoms with Crippen molar-refractivity contribution in [2.45, 2.75) is 13.3 Å². The first-order valence-electron chi connectivity index (χ1n) is 6.93. The Labute approximate surface area is 131 Å². The Kier molecular flexibility index (Phi) is 10.2. The SMILES string of the molecule is C=CCOC(=O)N(C)CCCN(CC(C)=O)C(=O)OCC=C. The van der Waals surface area contributed by atoms with Gasteiger partial charge in [-0.1, -0.05) is 25.3 Å². The molecule has 0 bridgehead atoms. The summed E-state index contributed by atoms with van der Waals surface area (Å²) in [7, 11) is 1.59. The quantitative estimate of drug-likeness (QED) is 0.575. The molecule has 0 N–H and O–H groups in total. The lowest BCUT2D eigenvalue weighted by atomic mass is 10.3. The second kappa shape index (κ2) is 11.4. The molecule has 0 spiro atoms. The molecule has 0 fully saturated rings. The maximum absolute atomic E-state index is 11.8. The number of carbonyl (C=O) groups excluding carboxylic acids is 3. The van der Waals surface area contributed by atoms with Crippen molar-refractivity contribution in [3.63, 3.8) is 0 Å². The lowest BCUT2D eigenvalue weighted by Crippen LogP contribution is -2.38. The van der Waals surface area contributed by atoms with E-state index >= 15 is 0 Å². The van der Waals surface area contributed by atoms with Crippen LogP contribution in [0.25, 0.3) is 0 Å². The third-order valence-corrected chi connectivity index (χ3v) is 2.55. The molecule has 0 heterocycles. The first kappa shape index (κ1) is 19.7. The van der Waals surface area contributed by atoms with Gasteiger partial charge < -0.3 is 19.3 Å². The number of hydrogen-bond acceptors (Lipinski definition) is 5. The topological polar surface area (TPSA) is 76.2 Å². The predicted octanol–water partition coefficient (Wildman–Crippen LogP) is 1.84. The number of ether oxygens (including phenoxy) is 2. The highest BCUT2D eigenvalue weighted by atomic mass is 16.6. The molecule has 0 unspecified atom stereocenters. The van der Waals surface area contributed by atoms with Gasteiger partial charge in [0.15, 0.2) is 0 Å². The van der Waals surface area contributed by atoms with Crippen LogP contribution < -0.4 is 0 Å². The molecule has 0 aromatic carbocycles. The van der Waals surface area contributed by atoms with Crippen LogP contribution in [-0.4, -0.2) is 67.7 Å². The molecule has 124 valence electrons. The highest BCUT2D eigenvalue weighted by Crippen LogP contribution is 2.00. The summed E-state index contributed by atoms with van der Waals surface area (Å²) < 4.78 is 9.79. The highest BCUT2D eigenvalue weighted by Gasteiger charge is 2.17. The third-order valence-electron chi connectivity index (χ3n) is 2.55. The summed E-state index contributed by atoms with van der Waals surface area (Å²) in [5, 5.41) is 0. The number of rotatable bonds is 10. The number of ketones is 1. The summed E-state index contributed by atoms with van der Waals surface area (Å²) in [5.74, 6) is -0.144. The van der Waals surface area contributed by atoms with Crippen molar-refractivity contribution in [1.82, 2.24) is 9.80 Å². The second-order valence-corrected chi connectivity index (χ2v) is 4.63. The van der Waals surface area contributed by atoms with Gasteiger partial charge in [-0.05, 0) is 13.3 Å². The van der Waals surface area contributed by atoms with Crippen molar-refractivity contribution < 1.29 is 23.9 Å². The van der Waals surface area contributed by atoms with Gasteiger partial charge in [-0.3, -0.25) is 4.79 Å². The van der Waals surface area contributed by atoms with E-state index in [2.05, 4.69) is 13.2 Å². The van der Waals surface area contributed by atoms with Crippen LogP contribution in [0.15, 0.2) is 25.3 Å². The molecule has 0 aromatic rings. The molecule has 0 aliphatic rings. The van der Waals surface area contributed by atoms with Gasteiger partial charge in [0.05, 0.1) is 6.54 Å². The van der Waals surface area contributed by atoms with Crippen molar-refractivity contribution in [1.29, 1.82) is 0 Å². The molecule has 0 aliphatic carbocycles. The lowest BCUT2D eigenvalue weighted by Gasteiger charge is -2.22. The molecule has 0 aliphatic heterocycles. The van der Waals surface area contributed by atoms with Crippen LogP contribution >= 0.6 is 0 Å². The van der Waals surface area contributed by atoms with Crippen molar-refractivity contribution in [3.8, 4) is 0 Å². The Bertz CT molecular complexity index is 409. The summed E-state index contributed by atoms with van der Waals surface area (Å²) in [5.41, 5.74) is 0. The number of hydrogen-bond donors (Lipinski definition) is 0. The minimum atomic E-state index is -0.577. The van der Waals surface area contributed by atoms with E-state index in [0.29, 0.717) is 19.5 Å². The van der Waals surface area contributed by atoms with Crippen LogP contribution in [0.2, 0.25) is 0 Å². The van der Waals surface area contributed by atoms with E-state index in [9.17, 15) is 14.4 Å². The second-order valence-electron chi connectivity index (χ2n) is 4.63. The molecule has 7 nitrogen and oxygen atoms in total. The predicted molar refractivity (Wildman–Crippen MR) is 82.6 cm³/mol. The molecule has 7 heteroatoms. The van der Waals surface area contributed by atoms with E-state index in [1.165, 1.54) is 28.9 Å². The Morgan fingerprint density at radius 1 is 1.00 bits per heavy atom. The minimum Gasteiger partial charge on any atom is -0.445 e.